The summed E-state index contributed by atoms with van der Waals surface area (Å²) in [6.45, 7) is 0. The zero-order chi connectivity index (χ0) is 7.84. The molecule has 1 aromatic heterocycles. The zero-order valence-corrected chi connectivity index (χ0v) is 6.84. The van der Waals surface area contributed by atoms with Crippen molar-refractivity contribution in [2.24, 2.45) is 7.05 Å². The number of rotatable bonds is 0. The maximum Gasteiger partial charge on any atom is 0.0924 e. The van der Waals surface area contributed by atoms with Gasteiger partial charge in [0.2, 0.25) is 0 Å². The first-order valence-electron chi connectivity index (χ1n) is 3.34. The summed E-state index contributed by atoms with van der Waals surface area (Å²) in [5.41, 5.74) is 0.983. The highest BCUT2D eigenvalue weighted by molar-refractivity contribution is 6.31. The largest absolute Gasteiger partial charge is 0.275 e. The Hall–Kier alpha value is -1.02. The van der Waals surface area contributed by atoms with Gasteiger partial charge in [0.25, 0.3) is 0 Å². The smallest absolute Gasteiger partial charge is 0.0924 e. The third-order valence-corrected chi connectivity index (χ3v) is 1.82. The van der Waals surface area contributed by atoms with Gasteiger partial charge in [-0.3, -0.25) is 4.68 Å². The van der Waals surface area contributed by atoms with Crippen LogP contribution in [0, 0.1) is 0 Å². The van der Waals surface area contributed by atoms with Crippen LogP contribution in [-0.4, -0.2) is 9.78 Å². The molecule has 0 radical (unpaired) electrons. The van der Waals surface area contributed by atoms with E-state index < -0.39 is 0 Å². The van der Waals surface area contributed by atoms with Crippen LogP contribution in [-0.2, 0) is 7.05 Å². The second kappa shape index (κ2) is 2.24. The summed E-state index contributed by atoms with van der Waals surface area (Å²) in [7, 11) is 1.90. The van der Waals surface area contributed by atoms with E-state index in [-0.39, 0.29) is 0 Å². The molecular formula is C8H7ClN2. The minimum Gasteiger partial charge on any atom is -0.275 e. The van der Waals surface area contributed by atoms with Crippen molar-refractivity contribution in [1.82, 2.24) is 9.78 Å². The first kappa shape index (κ1) is 6.68. The Morgan fingerprint density at radius 3 is 3.09 bits per heavy atom. The molecule has 3 heteroatoms. The number of nitrogens with zero attached hydrogens (tertiary/aromatic N) is 2. The lowest BCUT2D eigenvalue weighted by Gasteiger charge is -1.86. The fourth-order valence-electron chi connectivity index (χ4n) is 1.12. The molecule has 0 saturated heterocycles. The standard InChI is InChI=1S/C8H7ClN2/c1-11-5-6-4-7(9)2-3-8(6)10-11/h2-5H,1H3. The van der Waals surface area contributed by atoms with Gasteiger partial charge in [-0.1, -0.05) is 11.6 Å². The molecule has 1 aromatic carbocycles. The first-order valence-corrected chi connectivity index (χ1v) is 3.72. The number of hydrogen-bond acceptors (Lipinski definition) is 1. The Bertz CT molecular complexity index is 392. The molecule has 0 unspecified atom stereocenters. The van der Waals surface area contributed by atoms with Gasteiger partial charge in [0.15, 0.2) is 0 Å². The van der Waals surface area contributed by atoms with E-state index in [2.05, 4.69) is 5.10 Å². The van der Waals surface area contributed by atoms with Gasteiger partial charge >= 0.3 is 0 Å². The number of aromatic nitrogens is 2. The molecule has 2 aromatic rings. The van der Waals surface area contributed by atoms with Crippen LogP contribution in [0.25, 0.3) is 10.9 Å². The van der Waals surface area contributed by atoms with Gasteiger partial charge in [-0.15, -0.1) is 0 Å². The van der Waals surface area contributed by atoms with Crippen LogP contribution in [0.2, 0.25) is 5.02 Å². The summed E-state index contributed by atoms with van der Waals surface area (Å²) in [4.78, 5) is 0. The Labute approximate surface area is 69.4 Å². The fraction of sp³-hybridized carbons (Fsp3) is 0.125. The third-order valence-electron chi connectivity index (χ3n) is 1.58. The van der Waals surface area contributed by atoms with Gasteiger partial charge in [0, 0.05) is 23.7 Å². The van der Waals surface area contributed by atoms with E-state index in [9.17, 15) is 0 Å². The van der Waals surface area contributed by atoms with Crippen molar-refractivity contribution in [2.75, 3.05) is 0 Å². The molecular weight excluding hydrogens is 160 g/mol. The fourth-order valence-corrected chi connectivity index (χ4v) is 1.30. The predicted molar refractivity (Wildman–Crippen MR) is 45.7 cm³/mol. The van der Waals surface area contributed by atoms with E-state index in [1.54, 1.807) is 4.68 Å². The monoisotopic (exact) mass is 166 g/mol. The minimum atomic E-state index is 0.755. The topological polar surface area (TPSA) is 17.8 Å². The van der Waals surface area contributed by atoms with E-state index in [4.69, 9.17) is 11.6 Å². The highest BCUT2D eigenvalue weighted by Gasteiger charge is 1.96. The SMILES string of the molecule is Cn1cc2cc(Cl)ccc2n1. The molecule has 0 fully saturated rings. The van der Waals surface area contributed by atoms with Gasteiger partial charge in [0.1, 0.15) is 0 Å². The molecule has 0 amide bonds. The summed E-state index contributed by atoms with van der Waals surface area (Å²) in [5.74, 6) is 0. The highest BCUT2D eigenvalue weighted by atomic mass is 35.5. The minimum absolute atomic E-state index is 0.755. The molecule has 0 aliphatic heterocycles. The van der Waals surface area contributed by atoms with Crippen molar-refractivity contribution < 1.29 is 0 Å². The lowest BCUT2D eigenvalue weighted by molar-refractivity contribution is 0.780. The van der Waals surface area contributed by atoms with Crippen molar-refractivity contribution in [1.29, 1.82) is 0 Å². The maximum atomic E-state index is 5.79. The number of aryl methyl sites for hydroxylation is 1. The van der Waals surface area contributed by atoms with Crippen LogP contribution in [0.4, 0.5) is 0 Å². The van der Waals surface area contributed by atoms with Gasteiger partial charge in [0.05, 0.1) is 5.52 Å². The molecule has 0 atom stereocenters. The average molecular weight is 167 g/mol. The van der Waals surface area contributed by atoms with E-state index in [0.29, 0.717) is 0 Å². The zero-order valence-electron chi connectivity index (χ0n) is 6.08. The van der Waals surface area contributed by atoms with Crippen molar-refractivity contribution in [2.45, 2.75) is 0 Å². The van der Waals surface area contributed by atoms with E-state index in [0.717, 1.165) is 15.9 Å². The molecule has 0 bridgehead atoms. The molecule has 56 valence electrons. The van der Waals surface area contributed by atoms with E-state index in [1.165, 1.54) is 0 Å². The highest BCUT2D eigenvalue weighted by Crippen LogP contribution is 2.16. The van der Waals surface area contributed by atoms with Crippen LogP contribution in [0.5, 0.6) is 0 Å². The van der Waals surface area contributed by atoms with Gasteiger partial charge in [-0.05, 0) is 18.2 Å². The number of halogens is 1. The summed E-state index contributed by atoms with van der Waals surface area (Å²) in [5, 5.41) is 6.05. The van der Waals surface area contributed by atoms with Crippen molar-refractivity contribution in [3.05, 3.63) is 29.4 Å². The van der Waals surface area contributed by atoms with Gasteiger partial charge in [-0.25, -0.2) is 0 Å². The Balaban J connectivity index is 2.82. The van der Waals surface area contributed by atoms with E-state index >= 15 is 0 Å². The third kappa shape index (κ3) is 1.10. The van der Waals surface area contributed by atoms with Gasteiger partial charge in [-0.2, -0.15) is 5.10 Å². The molecule has 0 aliphatic carbocycles. The summed E-state index contributed by atoms with van der Waals surface area (Å²) >= 11 is 5.79. The average Bonchev–Trinajstić information content (AvgIpc) is 2.27. The number of fused-ring (bicyclic) bond motifs is 1. The Morgan fingerprint density at radius 1 is 1.45 bits per heavy atom. The predicted octanol–water partition coefficient (Wildman–Crippen LogP) is 2.23. The Morgan fingerprint density at radius 2 is 2.27 bits per heavy atom. The van der Waals surface area contributed by atoms with Crippen LogP contribution in [0.3, 0.4) is 0 Å². The van der Waals surface area contributed by atoms with E-state index in [1.807, 2.05) is 31.4 Å². The summed E-state index contributed by atoms with van der Waals surface area (Å²) < 4.78 is 1.78. The second-order valence-corrected chi connectivity index (χ2v) is 2.94. The molecule has 2 rings (SSSR count). The Kier molecular flexibility index (Phi) is 1.36. The molecule has 0 spiro atoms. The van der Waals surface area contributed by atoms with Crippen molar-refractivity contribution in [3.63, 3.8) is 0 Å². The molecule has 11 heavy (non-hydrogen) atoms. The van der Waals surface area contributed by atoms with Crippen LogP contribution in [0.15, 0.2) is 24.4 Å². The van der Waals surface area contributed by atoms with Crippen LogP contribution in [0.1, 0.15) is 0 Å². The molecule has 1 heterocycles. The lowest BCUT2D eigenvalue weighted by Crippen LogP contribution is -1.84. The molecule has 0 saturated carbocycles. The molecule has 0 aliphatic rings. The molecule has 2 nitrogen and oxygen atoms in total. The van der Waals surface area contributed by atoms with Crippen molar-refractivity contribution >= 4 is 22.5 Å². The van der Waals surface area contributed by atoms with Crippen molar-refractivity contribution in [3.8, 4) is 0 Å². The van der Waals surface area contributed by atoms with Crippen LogP contribution >= 0.6 is 11.6 Å². The lowest BCUT2D eigenvalue weighted by atomic mass is 10.3. The number of hydrogen-bond donors (Lipinski definition) is 0. The van der Waals surface area contributed by atoms with Gasteiger partial charge < -0.3 is 0 Å². The summed E-state index contributed by atoms with van der Waals surface area (Å²) in [6.07, 6.45) is 1.95. The first-order chi connectivity index (χ1) is 5.25. The summed E-state index contributed by atoms with van der Waals surface area (Å²) in [6, 6.07) is 5.67. The normalized spacial score (nSPS) is 10.7. The number of benzene rings is 1. The molecule has 0 N–H and O–H groups in total. The van der Waals surface area contributed by atoms with Crippen LogP contribution < -0.4 is 0 Å². The quantitative estimate of drug-likeness (QED) is 0.587. The maximum absolute atomic E-state index is 5.79. The second-order valence-electron chi connectivity index (χ2n) is 2.51.